The highest BCUT2D eigenvalue weighted by Gasteiger charge is 2.25. The zero-order valence-corrected chi connectivity index (χ0v) is 13.0. The molecule has 0 saturated carbocycles. The van der Waals surface area contributed by atoms with E-state index in [-0.39, 0.29) is 10.6 Å². The van der Waals surface area contributed by atoms with Crippen molar-refractivity contribution in [2.45, 2.75) is 31.9 Å². The van der Waals surface area contributed by atoms with Gasteiger partial charge in [0, 0.05) is 9.99 Å². The van der Waals surface area contributed by atoms with Crippen molar-refractivity contribution in [3.63, 3.8) is 0 Å². The molecule has 94 valence electrons. The van der Waals surface area contributed by atoms with E-state index < -0.39 is 11.4 Å². The van der Waals surface area contributed by atoms with E-state index in [1.165, 1.54) is 12.3 Å². The van der Waals surface area contributed by atoms with Crippen molar-refractivity contribution in [1.82, 2.24) is 0 Å². The minimum absolute atomic E-state index is 0.251. The van der Waals surface area contributed by atoms with Gasteiger partial charge in [-0.05, 0) is 67.1 Å². The SMILES string of the molecule is CC(C)(C)[S@@+]([O-])N=CCc1cc(I)ccc1F. The zero-order valence-electron chi connectivity index (χ0n) is 10.0. The summed E-state index contributed by atoms with van der Waals surface area (Å²) in [5.41, 5.74) is 0.576. The van der Waals surface area contributed by atoms with Crippen LogP contribution in [0.15, 0.2) is 22.6 Å². The fraction of sp³-hybridized carbons (Fsp3) is 0.417. The monoisotopic (exact) mass is 367 g/mol. The van der Waals surface area contributed by atoms with Crippen LogP contribution in [0.3, 0.4) is 0 Å². The first-order valence-corrected chi connectivity index (χ1v) is 7.37. The molecular formula is C12H15FINOS. The summed E-state index contributed by atoms with van der Waals surface area (Å²) in [6, 6.07) is 4.91. The maximum atomic E-state index is 13.4. The van der Waals surface area contributed by atoms with Crippen molar-refractivity contribution >= 4 is 40.2 Å². The van der Waals surface area contributed by atoms with Crippen LogP contribution in [0.25, 0.3) is 0 Å². The third-order valence-electron chi connectivity index (χ3n) is 2.01. The Balaban J connectivity index is 2.67. The molecule has 0 fully saturated rings. The molecule has 1 atom stereocenters. The molecule has 0 aliphatic rings. The third-order valence-corrected chi connectivity index (χ3v) is 4.07. The Labute approximate surface area is 118 Å². The Hall–Kier alpha value is -0.140. The summed E-state index contributed by atoms with van der Waals surface area (Å²) in [5.74, 6) is -0.251. The fourth-order valence-corrected chi connectivity index (χ4v) is 2.14. The lowest BCUT2D eigenvalue weighted by molar-refractivity contribution is 0.561. The summed E-state index contributed by atoms with van der Waals surface area (Å²) in [4.78, 5) is 0. The molecule has 0 unspecified atom stereocenters. The molecule has 1 aromatic carbocycles. The highest BCUT2D eigenvalue weighted by molar-refractivity contribution is 14.1. The van der Waals surface area contributed by atoms with Crippen LogP contribution in [-0.4, -0.2) is 15.5 Å². The first-order chi connectivity index (χ1) is 7.80. The summed E-state index contributed by atoms with van der Waals surface area (Å²) < 4.78 is 29.6. The van der Waals surface area contributed by atoms with Gasteiger partial charge in [-0.1, -0.05) is 4.40 Å². The van der Waals surface area contributed by atoms with Gasteiger partial charge in [-0.15, -0.1) is 0 Å². The van der Waals surface area contributed by atoms with Gasteiger partial charge in [0.1, 0.15) is 21.9 Å². The molecular weight excluding hydrogens is 352 g/mol. The molecule has 0 bridgehead atoms. The average molecular weight is 367 g/mol. The molecule has 0 aromatic heterocycles. The van der Waals surface area contributed by atoms with Crippen LogP contribution in [0, 0.1) is 9.39 Å². The van der Waals surface area contributed by atoms with E-state index in [1.54, 1.807) is 12.1 Å². The lowest BCUT2D eigenvalue weighted by atomic mass is 10.1. The second kappa shape index (κ2) is 6.15. The van der Waals surface area contributed by atoms with Crippen LogP contribution in [0.1, 0.15) is 26.3 Å². The summed E-state index contributed by atoms with van der Waals surface area (Å²) in [6.45, 7) is 5.56. The Kier molecular flexibility index (Phi) is 5.40. The molecule has 0 aliphatic carbocycles. The highest BCUT2D eigenvalue weighted by atomic mass is 127. The van der Waals surface area contributed by atoms with Gasteiger partial charge in [0.15, 0.2) is 0 Å². The van der Waals surface area contributed by atoms with Gasteiger partial charge < -0.3 is 4.55 Å². The van der Waals surface area contributed by atoms with Gasteiger partial charge in [0.2, 0.25) is 0 Å². The fourth-order valence-electron chi connectivity index (χ4n) is 1.06. The summed E-state index contributed by atoms with van der Waals surface area (Å²) >= 11 is 0.851. The standard InChI is InChI=1S/C12H15FINOS/c1-12(2,3)17(16)15-7-6-9-8-10(14)4-5-11(9)13/h4-5,7-8H,6H2,1-3H3/t17-/m1/s1. The van der Waals surface area contributed by atoms with Crippen molar-refractivity contribution in [2.75, 3.05) is 0 Å². The Bertz CT molecular complexity index is 417. The molecule has 0 heterocycles. The first kappa shape index (κ1) is 14.9. The third kappa shape index (κ3) is 4.93. The minimum atomic E-state index is -1.28. The van der Waals surface area contributed by atoms with Crippen molar-refractivity contribution < 1.29 is 8.94 Å². The van der Waals surface area contributed by atoms with Crippen LogP contribution in [0.2, 0.25) is 0 Å². The largest absolute Gasteiger partial charge is 0.591 e. The predicted octanol–water partition coefficient (Wildman–Crippen LogP) is 3.51. The van der Waals surface area contributed by atoms with Crippen LogP contribution < -0.4 is 0 Å². The topological polar surface area (TPSA) is 35.4 Å². The second-order valence-corrected chi connectivity index (χ2v) is 7.77. The van der Waals surface area contributed by atoms with Crippen molar-refractivity contribution in [1.29, 1.82) is 0 Å². The number of hydrogen-bond donors (Lipinski definition) is 0. The summed E-state index contributed by atoms with van der Waals surface area (Å²) in [5, 5.41) is 0. The molecule has 0 spiro atoms. The number of benzene rings is 1. The first-order valence-electron chi connectivity index (χ1n) is 5.19. The van der Waals surface area contributed by atoms with E-state index >= 15 is 0 Å². The van der Waals surface area contributed by atoms with Crippen LogP contribution in [-0.2, 0) is 17.8 Å². The molecule has 17 heavy (non-hydrogen) atoms. The van der Waals surface area contributed by atoms with Crippen LogP contribution in [0.5, 0.6) is 0 Å². The van der Waals surface area contributed by atoms with Gasteiger partial charge in [-0.25, -0.2) is 4.39 Å². The van der Waals surface area contributed by atoms with Crippen LogP contribution in [0.4, 0.5) is 4.39 Å². The van der Waals surface area contributed by atoms with Crippen molar-refractivity contribution in [3.05, 3.63) is 33.1 Å². The Morgan fingerprint density at radius 1 is 1.47 bits per heavy atom. The molecule has 0 N–H and O–H groups in total. The quantitative estimate of drug-likeness (QED) is 0.458. The second-order valence-electron chi connectivity index (χ2n) is 4.59. The van der Waals surface area contributed by atoms with Crippen molar-refractivity contribution in [2.24, 2.45) is 4.40 Å². The van der Waals surface area contributed by atoms with Gasteiger partial charge in [0.05, 0.1) is 6.21 Å². The van der Waals surface area contributed by atoms with E-state index in [0.717, 1.165) is 3.57 Å². The smallest absolute Gasteiger partial charge is 0.144 e. The van der Waals surface area contributed by atoms with E-state index in [9.17, 15) is 8.94 Å². The Morgan fingerprint density at radius 3 is 2.71 bits per heavy atom. The summed E-state index contributed by atoms with van der Waals surface area (Å²) in [7, 11) is 0. The molecule has 0 amide bonds. The molecule has 1 rings (SSSR count). The Morgan fingerprint density at radius 2 is 2.12 bits per heavy atom. The van der Waals surface area contributed by atoms with Gasteiger partial charge in [-0.2, -0.15) is 0 Å². The zero-order chi connectivity index (χ0) is 13.1. The van der Waals surface area contributed by atoms with Gasteiger partial charge in [0.25, 0.3) is 0 Å². The maximum absolute atomic E-state index is 13.4. The number of rotatable bonds is 3. The normalized spacial score (nSPS) is 14.2. The molecule has 1 aromatic rings. The van der Waals surface area contributed by atoms with Crippen LogP contribution >= 0.6 is 22.6 Å². The number of nitrogens with zero attached hydrogens (tertiary/aromatic N) is 1. The van der Waals surface area contributed by atoms with Gasteiger partial charge in [-0.3, -0.25) is 0 Å². The molecule has 0 radical (unpaired) electrons. The summed E-state index contributed by atoms with van der Waals surface area (Å²) in [6.07, 6.45) is 1.89. The number of halogens is 2. The lowest BCUT2D eigenvalue weighted by Gasteiger charge is -2.17. The van der Waals surface area contributed by atoms with Crippen molar-refractivity contribution in [3.8, 4) is 0 Å². The van der Waals surface area contributed by atoms with Gasteiger partial charge >= 0.3 is 0 Å². The molecule has 0 saturated heterocycles. The minimum Gasteiger partial charge on any atom is -0.591 e. The van der Waals surface area contributed by atoms with E-state index in [1.807, 2.05) is 20.8 Å². The molecule has 0 aliphatic heterocycles. The molecule has 2 nitrogen and oxygen atoms in total. The maximum Gasteiger partial charge on any atom is 0.144 e. The van der Waals surface area contributed by atoms with E-state index in [4.69, 9.17) is 0 Å². The number of hydrogen-bond acceptors (Lipinski definition) is 2. The predicted molar refractivity (Wildman–Crippen MR) is 79.2 cm³/mol. The lowest BCUT2D eigenvalue weighted by Crippen LogP contribution is -2.25. The molecule has 5 heteroatoms. The highest BCUT2D eigenvalue weighted by Crippen LogP contribution is 2.17. The van der Waals surface area contributed by atoms with E-state index in [2.05, 4.69) is 27.0 Å². The van der Waals surface area contributed by atoms with E-state index in [0.29, 0.717) is 12.0 Å². The average Bonchev–Trinajstić information content (AvgIpc) is 2.21.